The van der Waals surface area contributed by atoms with Crippen LogP contribution in [0, 0.1) is 23.7 Å². The minimum atomic E-state index is 0.895. The van der Waals surface area contributed by atoms with E-state index in [0.717, 1.165) is 23.7 Å². The average Bonchev–Trinajstić information content (AvgIpc) is 2.57. The summed E-state index contributed by atoms with van der Waals surface area (Å²) in [7, 11) is 0. The lowest BCUT2D eigenvalue weighted by Gasteiger charge is -2.40. The van der Waals surface area contributed by atoms with Crippen LogP contribution in [0.5, 0.6) is 0 Å². The second-order valence-corrected chi connectivity index (χ2v) is 8.73. The van der Waals surface area contributed by atoms with Crippen molar-refractivity contribution < 1.29 is 0 Å². The first-order valence-corrected chi connectivity index (χ1v) is 10.4. The maximum absolute atomic E-state index is 3.50. The molecule has 3 aliphatic rings. The third kappa shape index (κ3) is 5.44. The summed E-state index contributed by atoms with van der Waals surface area (Å²) in [6.07, 6.45) is 8.73. The number of likely N-dealkylation sites (tertiary alicyclic amines) is 2. The first-order chi connectivity index (χ1) is 11.2. The minimum absolute atomic E-state index is 0.895. The van der Waals surface area contributed by atoms with Crippen molar-refractivity contribution in [2.75, 3.05) is 52.4 Å². The lowest BCUT2D eigenvalue weighted by atomic mass is 9.82. The average molecular weight is 322 g/mol. The topological polar surface area (TPSA) is 18.5 Å². The molecule has 3 heteroatoms. The van der Waals surface area contributed by atoms with Gasteiger partial charge in [0.2, 0.25) is 0 Å². The highest BCUT2D eigenvalue weighted by molar-refractivity contribution is 4.82. The summed E-state index contributed by atoms with van der Waals surface area (Å²) >= 11 is 0. The summed E-state index contributed by atoms with van der Waals surface area (Å²) in [6, 6.07) is 0. The van der Waals surface area contributed by atoms with E-state index in [1.807, 2.05) is 0 Å². The molecule has 3 rings (SSSR count). The van der Waals surface area contributed by atoms with Gasteiger partial charge in [-0.2, -0.15) is 0 Å². The van der Waals surface area contributed by atoms with E-state index < -0.39 is 0 Å². The first kappa shape index (κ1) is 17.7. The third-order valence-corrected chi connectivity index (χ3v) is 6.62. The fourth-order valence-corrected chi connectivity index (χ4v) is 5.35. The molecule has 0 radical (unpaired) electrons. The van der Waals surface area contributed by atoms with Crippen LogP contribution < -0.4 is 5.32 Å². The van der Waals surface area contributed by atoms with Gasteiger partial charge in [0.05, 0.1) is 0 Å². The molecule has 3 heterocycles. The van der Waals surface area contributed by atoms with E-state index >= 15 is 0 Å². The molecule has 3 nitrogen and oxygen atoms in total. The van der Waals surface area contributed by atoms with Gasteiger partial charge in [0.1, 0.15) is 0 Å². The van der Waals surface area contributed by atoms with E-state index in [4.69, 9.17) is 0 Å². The van der Waals surface area contributed by atoms with Gasteiger partial charge in [-0.3, -0.25) is 0 Å². The summed E-state index contributed by atoms with van der Waals surface area (Å²) in [6.45, 7) is 15.3. The van der Waals surface area contributed by atoms with Crippen LogP contribution >= 0.6 is 0 Å². The predicted molar refractivity (Wildman–Crippen MR) is 98.8 cm³/mol. The van der Waals surface area contributed by atoms with E-state index in [1.54, 1.807) is 0 Å². The smallest absolute Gasteiger partial charge is 0.00220 e. The van der Waals surface area contributed by atoms with E-state index in [0.29, 0.717) is 0 Å². The van der Waals surface area contributed by atoms with Crippen LogP contribution in [-0.2, 0) is 0 Å². The minimum Gasteiger partial charge on any atom is -0.317 e. The number of piperidine rings is 3. The molecule has 2 unspecified atom stereocenters. The Labute approximate surface area is 144 Å². The maximum Gasteiger partial charge on any atom is 0.00220 e. The second-order valence-electron chi connectivity index (χ2n) is 8.73. The lowest BCUT2D eigenvalue weighted by Crippen LogP contribution is -2.45. The van der Waals surface area contributed by atoms with Crippen LogP contribution in [0.1, 0.15) is 52.4 Å². The van der Waals surface area contributed by atoms with Crippen molar-refractivity contribution in [2.45, 2.75) is 52.4 Å². The van der Waals surface area contributed by atoms with E-state index in [2.05, 4.69) is 29.0 Å². The largest absolute Gasteiger partial charge is 0.317 e. The molecule has 0 saturated carbocycles. The molecule has 0 aromatic rings. The Bertz CT molecular complexity index is 332. The summed E-state index contributed by atoms with van der Waals surface area (Å²) in [4.78, 5) is 5.46. The Kier molecular flexibility index (Phi) is 6.79. The number of nitrogens with zero attached hydrogens (tertiary/aromatic N) is 2. The molecule has 0 amide bonds. The molecule has 3 aliphatic heterocycles. The number of hydrogen-bond donors (Lipinski definition) is 1. The Morgan fingerprint density at radius 3 is 2.26 bits per heavy atom. The van der Waals surface area contributed by atoms with Crippen LogP contribution in [0.2, 0.25) is 0 Å². The fraction of sp³-hybridized carbons (Fsp3) is 1.00. The first-order valence-electron chi connectivity index (χ1n) is 10.4. The van der Waals surface area contributed by atoms with Gasteiger partial charge in [-0.25, -0.2) is 0 Å². The quantitative estimate of drug-likeness (QED) is 0.839. The number of hydrogen-bond acceptors (Lipinski definition) is 3. The van der Waals surface area contributed by atoms with Crippen molar-refractivity contribution in [3.05, 3.63) is 0 Å². The zero-order valence-corrected chi connectivity index (χ0v) is 15.6. The Morgan fingerprint density at radius 1 is 0.870 bits per heavy atom. The monoisotopic (exact) mass is 321 g/mol. The van der Waals surface area contributed by atoms with E-state index in [1.165, 1.54) is 90.9 Å². The van der Waals surface area contributed by atoms with Crippen LogP contribution in [-0.4, -0.2) is 62.2 Å². The van der Waals surface area contributed by atoms with Crippen molar-refractivity contribution in [3.63, 3.8) is 0 Å². The molecule has 23 heavy (non-hydrogen) atoms. The van der Waals surface area contributed by atoms with Crippen LogP contribution in [0.25, 0.3) is 0 Å². The van der Waals surface area contributed by atoms with Crippen molar-refractivity contribution in [1.29, 1.82) is 0 Å². The van der Waals surface area contributed by atoms with Gasteiger partial charge >= 0.3 is 0 Å². The molecule has 0 bridgehead atoms. The van der Waals surface area contributed by atoms with Crippen LogP contribution in [0.3, 0.4) is 0 Å². The highest BCUT2D eigenvalue weighted by Gasteiger charge is 2.28. The molecule has 3 saturated heterocycles. The normalized spacial score (nSPS) is 33.1. The van der Waals surface area contributed by atoms with Crippen molar-refractivity contribution in [3.8, 4) is 0 Å². The van der Waals surface area contributed by atoms with Crippen molar-refractivity contribution in [1.82, 2.24) is 15.1 Å². The van der Waals surface area contributed by atoms with Gasteiger partial charge in [-0.05, 0) is 94.9 Å². The van der Waals surface area contributed by atoms with Crippen LogP contribution in [0.4, 0.5) is 0 Å². The summed E-state index contributed by atoms with van der Waals surface area (Å²) in [5, 5.41) is 3.50. The van der Waals surface area contributed by atoms with Crippen molar-refractivity contribution >= 4 is 0 Å². The summed E-state index contributed by atoms with van der Waals surface area (Å²) < 4.78 is 0. The molecular formula is C20H39N3. The maximum atomic E-state index is 3.50. The van der Waals surface area contributed by atoms with Gasteiger partial charge in [0, 0.05) is 19.6 Å². The zero-order valence-electron chi connectivity index (χ0n) is 15.6. The Balaban J connectivity index is 1.37. The molecule has 0 aromatic heterocycles. The summed E-state index contributed by atoms with van der Waals surface area (Å²) in [5.74, 6) is 3.85. The molecule has 0 spiro atoms. The van der Waals surface area contributed by atoms with Gasteiger partial charge in [0.25, 0.3) is 0 Å². The lowest BCUT2D eigenvalue weighted by molar-refractivity contribution is 0.0855. The Hall–Kier alpha value is -0.120. The number of nitrogens with one attached hydrogen (secondary N) is 1. The van der Waals surface area contributed by atoms with E-state index in [9.17, 15) is 0 Å². The molecule has 2 atom stereocenters. The molecule has 3 fully saturated rings. The SMILES string of the molecule is CCN1CC(C)CC(CN2CCC(CC3CCNCC3)CC2)C1. The second kappa shape index (κ2) is 8.82. The number of rotatable bonds is 5. The molecule has 134 valence electrons. The highest BCUT2D eigenvalue weighted by atomic mass is 15.2. The third-order valence-electron chi connectivity index (χ3n) is 6.62. The zero-order chi connectivity index (χ0) is 16.1. The molecule has 0 aromatic carbocycles. The predicted octanol–water partition coefficient (Wildman–Crippen LogP) is 3.07. The Morgan fingerprint density at radius 2 is 1.57 bits per heavy atom. The highest BCUT2D eigenvalue weighted by Crippen LogP contribution is 2.29. The molecule has 1 N–H and O–H groups in total. The van der Waals surface area contributed by atoms with Crippen molar-refractivity contribution in [2.24, 2.45) is 23.7 Å². The van der Waals surface area contributed by atoms with Gasteiger partial charge < -0.3 is 15.1 Å². The molecular weight excluding hydrogens is 282 g/mol. The standard InChI is InChI=1S/C20H39N3/c1-3-22-14-17(2)12-20(15-22)16-23-10-6-19(7-11-23)13-18-4-8-21-9-5-18/h17-21H,3-16H2,1-2H3. The summed E-state index contributed by atoms with van der Waals surface area (Å²) in [5.41, 5.74) is 0. The molecule has 0 aliphatic carbocycles. The van der Waals surface area contributed by atoms with Crippen LogP contribution in [0.15, 0.2) is 0 Å². The fourth-order valence-electron chi connectivity index (χ4n) is 5.35. The van der Waals surface area contributed by atoms with Gasteiger partial charge in [-0.1, -0.05) is 13.8 Å². The van der Waals surface area contributed by atoms with Gasteiger partial charge in [-0.15, -0.1) is 0 Å². The van der Waals surface area contributed by atoms with Gasteiger partial charge in [0.15, 0.2) is 0 Å². The van der Waals surface area contributed by atoms with E-state index in [-0.39, 0.29) is 0 Å².